The average molecular weight is 267 g/mol. The van der Waals surface area contributed by atoms with E-state index < -0.39 is 0 Å². The first-order valence-corrected chi connectivity index (χ1v) is 7.45. The van der Waals surface area contributed by atoms with Crippen molar-refractivity contribution in [2.75, 3.05) is 0 Å². The van der Waals surface area contributed by atoms with E-state index in [-0.39, 0.29) is 0 Å². The second-order valence-corrected chi connectivity index (χ2v) is 5.59. The Morgan fingerprint density at radius 2 is 1.71 bits per heavy atom. The molecule has 98 valence electrons. The SMILES string of the molecule is [B]c1cc([B])c2c3cccc([B])c3n(C(CC)CC)c2c1. The Kier molecular flexibility index (Phi) is 3.65. The van der Waals surface area contributed by atoms with Crippen molar-refractivity contribution in [1.82, 2.24) is 4.57 Å². The van der Waals surface area contributed by atoms with Gasteiger partial charge in [-0.25, -0.2) is 0 Å². The summed E-state index contributed by atoms with van der Waals surface area (Å²) in [5, 5.41) is 2.16. The van der Waals surface area contributed by atoms with Gasteiger partial charge in [-0.1, -0.05) is 54.5 Å². The van der Waals surface area contributed by atoms with Crippen LogP contribution in [0.3, 0.4) is 0 Å². The number of para-hydroxylation sites is 1. The third-order valence-corrected chi connectivity index (χ3v) is 4.32. The van der Waals surface area contributed by atoms with Gasteiger partial charge in [0.25, 0.3) is 0 Å². The van der Waals surface area contributed by atoms with E-state index in [1.165, 1.54) is 0 Å². The molecule has 1 nitrogen and oxygen atoms in total. The molecule has 0 aliphatic carbocycles. The van der Waals surface area contributed by atoms with Crippen LogP contribution < -0.4 is 16.4 Å². The van der Waals surface area contributed by atoms with Crippen molar-refractivity contribution in [3.8, 4) is 0 Å². The van der Waals surface area contributed by atoms with Crippen LogP contribution in [0.5, 0.6) is 0 Å². The summed E-state index contributed by atoms with van der Waals surface area (Å²) in [7, 11) is 18.5. The van der Waals surface area contributed by atoms with Gasteiger partial charge in [0.2, 0.25) is 0 Å². The van der Waals surface area contributed by atoms with Crippen LogP contribution in [0.15, 0.2) is 30.3 Å². The molecule has 0 fully saturated rings. The van der Waals surface area contributed by atoms with Crippen LogP contribution in [0.4, 0.5) is 0 Å². The largest absolute Gasteiger partial charge is 0.338 e. The highest BCUT2D eigenvalue weighted by Crippen LogP contribution is 2.31. The Morgan fingerprint density at radius 3 is 2.38 bits per heavy atom. The van der Waals surface area contributed by atoms with E-state index in [2.05, 4.69) is 24.5 Å². The molecule has 0 atom stereocenters. The molecule has 21 heavy (non-hydrogen) atoms. The maximum atomic E-state index is 6.26. The molecule has 6 radical (unpaired) electrons. The van der Waals surface area contributed by atoms with Gasteiger partial charge < -0.3 is 4.57 Å². The van der Waals surface area contributed by atoms with E-state index in [1.54, 1.807) is 0 Å². The normalized spacial score (nSPS) is 11.8. The number of benzene rings is 2. The summed E-state index contributed by atoms with van der Waals surface area (Å²) in [6.07, 6.45) is 2.08. The van der Waals surface area contributed by atoms with Gasteiger partial charge in [-0.3, -0.25) is 0 Å². The van der Waals surface area contributed by atoms with Crippen LogP contribution in [-0.4, -0.2) is 28.1 Å². The lowest BCUT2D eigenvalue weighted by Crippen LogP contribution is -2.16. The zero-order valence-corrected chi connectivity index (χ0v) is 12.6. The Morgan fingerprint density at radius 1 is 1.00 bits per heavy atom. The molecular weight excluding hydrogens is 251 g/mol. The zero-order valence-electron chi connectivity index (χ0n) is 12.6. The van der Waals surface area contributed by atoms with E-state index in [4.69, 9.17) is 23.5 Å². The van der Waals surface area contributed by atoms with Crippen LogP contribution in [-0.2, 0) is 0 Å². The molecule has 3 aromatic rings. The van der Waals surface area contributed by atoms with Crippen molar-refractivity contribution in [2.45, 2.75) is 32.7 Å². The quantitative estimate of drug-likeness (QED) is 0.634. The molecule has 1 heterocycles. The van der Waals surface area contributed by atoms with Gasteiger partial charge in [0.05, 0.1) is 0 Å². The minimum atomic E-state index is 0.385. The van der Waals surface area contributed by atoms with Crippen molar-refractivity contribution in [3.63, 3.8) is 0 Å². The summed E-state index contributed by atoms with van der Waals surface area (Å²) in [5.41, 5.74) is 4.33. The number of hydrogen-bond acceptors (Lipinski definition) is 0. The lowest BCUT2D eigenvalue weighted by atomic mass is 9.84. The molecule has 0 amide bonds. The summed E-state index contributed by atoms with van der Waals surface area (Å²) in [4.78, 5) is 0. The molecule has 0 saturated carbocycles. The van der Waals surface area contributed by atoms with Gasteiger partial charge in [-0.05, 0) is 18.9 Å². The maximum Gasteiger partial charge on any atom is 0.116 e. The van der Waals surface area contributed by atoms with Gasteiger partial charge >= 0.3 is 0 Å². The Labute approximate surface area is 129 Å². The first-order chi connectivity index (χ1) is 10.1. The third kappa shape index (κ3) is 2.12. The van der Waals surface area contributed by atoms with E-state index in [0.717, 1.165) is 40.1 Å². The molecule has 0 bridgehead atoms. The molecule has 0 aliphatic heterocycles. The third-order valence-electron chi connectivity index (χ3n) is 4.32. The predicted molar refractivity (Wildman–Crippen MR) is 95.2 cm³/mol. The first-order valence-electron chi connectivity index (χ1n) is 7.45. The minimum absolute atomic E-state index is 0.385. The van der Waals surface area contributed by atoms with E-state index >= 15 is 0 Å². The average Bonchev–Trinajstić information content (AvgIpc) is 2.76. The second-order valence-electron chi connectivity index (χ2n) is 5.59. The number of fused-ring (bicyclic) bond motifs is 3. The second kappa shape index (κ2) is 5.33. The van der Waals surface area contributed by atoms with Crippen molar-refractivity contribution in [3.05, 3.63) is 30.3 Å². The summed E-state index contributed by atoms with van der Waals surface area (Å²) in [5.74, 6) is 0. The summed E-state index contributed by atoms with van der Waals surface area (Å²) < 4.78 is 2.31. The van der Waals surface area contributed by atoms with Gasteiger partial charge in [0, 0.05) is 27.8 Å². The van der Waals surface area contributed by atoms with Gasteiger partial charge in [0.1, 0.15) is 23.5 Å². The zero-order chi connectivity index (χ0) is 15.1. The first kappa shape index (κ1) is 14.4. The topological polar surface area (TPSA) is 4.93 Å². The molecule has 4 heteroatoms. The van der Waals surface area contributed by atoms with E-state index in [1.807, 2.05) is 24.3 Å². The van der Waals surface area contributed by atoms with Crippen LogP contribution in [0, 0.1) is 0 Å². The monoisotopic (exact) mass is 267 g/mol. The lowest BCUT2D eigenvalue weighted by molar-refractivity contribution is 0.498. The number of aromatic nitrogens is 1. The fourth-order valence-corrected chi connectivity index (χ4v) is 3.34. The highest BCUT2D eigenvalue weighted by Gasteiger charge is 2.18. The van der Waals surface area contributed by atoms with Gasteiger partial charge in [0.15, 0.2) is 0 Å². The Hall–Kier alpha value is -1.57. The molecular formula is C17H16B3N. The fourth-order valence-electron chi connectivity index (χ4n) is 3.34. The minimum Gasteiger partial charge on any atom is -0.338 e. The summed E-state index contributed by atoms with van der Waals surface area (Å²) in [6.45, 7) is 4.39. The molecule has 0 aliphatic rings. The standard InChI is InChI=1S/C17H16B3N/c1-3-11(4-2)21-15-9-10(18)8-14(20)16(15)12-6-5-7-13(19)17(12)21/h5-9,11H,3-4H2,1-2H3. The van der Waals surface area contributed by atoms with Gasteiger partial charge in [-0.2, -0.15) is 0 Å². The molecule has 1 aromatic heterocycles. The predicted octanol–water partition coefficient (Wildman–Crippen LogP) is 1.54. The molecule has 0 N–H and O–H groups in total. The van der Waals surface area contributed by atoms with Crippen LogP contribution in [0.2, 0.25) is 0 Å². The van der Waals surface area contributed by atoms with Crippen LogP contribution in [0.25, 0.3) is 21.8 Å². The van der Waals surface area contributed by atoms with Crippen molar-refractivity contribution in [1.29, 1.82) is 0 Å². The van der Waals surface area contributed by atoms with Crippen molar-refractivity contribution >= 4 is 61.7 Å². The Bertz CT molecular complexity index is 816. The summed E-state index contributed by atoms with van der Waals surface area (Å²) in [6, 6.07) is 10.2. The smallest absolute Gasteiger partial charge is 0.116 e. The number of hydrogen-bond donors (Lipinski definition) is 0. The van der Waals surface area contributed by atoms with E-state index in [9.17, 15) is 0 Å². The van der Waals surface area contributed by atoms with Gasteiger partial charge in [-0.15, -0.1) is 0 Å². The number of nitrogens with zero attached hydrogens (tertiary/aromatic N) is 1. The van der Waals surface area contributed by atoms with Crippen LogP contribution >= 0.6 is 0 Å². The van der Waals surface area contributed by atoms with E-state index in [0.29, 0.717) is 17.0 Å². The molecule has 0 unspecified atom stereocenters. The highest BCUT2D eigenvalue weighted by molar-refractivity contribution is 6.47. The Balaban J connectivity index is 2.57. The van der Waals surface area contributed by atoms with Crippen LogP contribution in [0.1, 0.15) is 32.7 Å². The highest BCUT2D eigenvalue weighted by atomic mass is 15.0. The molecule has 0 saturated heterocycles. The molecule has 3 rings (SSSR count). The fraction of sp³-hybridized carbons (Fsp3) is 0.294. The lowest BCUT2D eigenvalue weighted by Gasteiger charge is -2.19. The van der Waals surface area contributed by atoms with Crippen molar-refractivity contribution in [2.24, 2.45) is 0 Å². The summed E-state index contributed by atoms with van der Waals surface area (Å²) >= 11 is 0. The van der Waals surface area contributed by atoms with Crippen molar-refractivity contribution < 1.29 is 0 Å². The molecule has 0 spiro atoms. The number of rotatable bonds is 3. The molecule has 2 aromatic carbocycles. The maximum absolute atomic E-state index is 6.26.